The topological polar surface area (TPSA) is 29.3 Å². The summed E-state index contributed by atoms with van der Waals surface area (Å²) in [5, 5.41) is 0. The maximum absolute atomic E-state index is 5.67. The predicted octanol–water partition coefficient (Wildman–Crippen LogP) is 3.07. The molecule has 17 heavy (non-hydrogen) atoms. The van der Waals surface area contributed by atoms with Gasteiger partial charge in [0.1, 0.15) is 0 Å². The zero-order valence-electron chi connectivity index (χ0n) is 12.4. The highest BCUT2D eigenvalue weighted by atomic mass is 32.2. The monoisotopic (exact) mass is 260 g/mol. The number of hydrogen-bond acceptors (Lipinski definition) is 3. The number of thioether (sulfide) groups is 1. The van der Waals surface area contributed by atoms with Crippen molar-refractivity contribution in [2.75, 3.05) is 32.1 Å². The summed E-state index contributed by atoms with van der Waals surface area (Å²) in [4.78, 5) is 2.48. The van der Waals surface area contributed by atoms with Gasteiger partial charge < -0.3 is 10.6 Å². The second-order valence-corrected chi connectivity index (χ2v) is 6.42. The molecule has 2 nitrogen and oxygen atoms in total. The molecule has 0 aromatic rings. The highest BCUT2D eigenvalue weighted by Gasteiger charge is 2.13. The highest BCUT2D eigenvalue weighted by molar-refractivity contribution is 7.98. The van der Waals surface area contributed by atoms with E-state index in [1.165, 1.54) is 31.6 Å². The molecule has 0 fully saturated rings. The first kappa shape index (κ1) is 17.3. The fourth-order valence-electron chi connectivity index (χ4n) is 2.22. The summed E-state index contributed by atoms with van der Waals surface area (Å²) < 4.78 is 0. The lowest BCUT2D eigenvalue weighted by atomic mass is 9.88. The summed E-state index contributed by atoms with van der Waals surface area (Å²) in [6, 6.07) is 0.692. The van der Waals surface area contributed by atoms with Crippen LogP contribution in [-0.2, 0) is 0 Å². The Kier molecular flexibility index (Phi) is 10.4. The molecule has 2 atom stereocenters. The molecule has 0 heterocycles. The van der Waals surface area contributed by atoms with E-state index in [0.29, 0.717) is 6.04 Å². The minimum atomic E-state index is 0.692. The average Bonchev–Trinajstić information content (AvgIpc) is 2.27. The molecule has 0 spiro atoms. The van der Waals surface area contributed by atoms with Crippen LogP contribution in [0.1, 0.15) is 40.0 Å². The second kappa shape index (κ2) is 10.2. The van der Waals surface area contributed by atoms with Gasteiger partial charge in [0.2, 0.25) is 0 Å². The van der Waals surface area contributed by atoms with Gasteiger partial charge in [-0.05, 0) is 64.4 Å². The molecule has 0 amide bonds. The van der Waals surface area contributed by atoms with Crippen LogP contribution in [0.3, 0.4) is 0 Å². The van der Waals surface area contributed by atoms with Gasteiger partial charge in [-0.1, -0.05) is 13.8 Å². The molecule has 104 valence electrons. The Hall–Kier alpha value is 0.270. The zero-order chi connectivity index (χ0) is 13.3. The molecule has 0 saturated heterocycles. The van der Waals surface area contributed by atoms with E-state index in [1.54, 1.807) is 0 Å². The van der Waals surface area contributed by atoms with Crippen LogP contribution in [0.25, 0.3) is 0 Å². The van der Waals surface area contributed by atoms with Crippen LogP contribution in [0.15, 0.2) is 0 Å². The second-order valence-electron chi connectivity index (χ2n) is 5.51. The van der Waals surface area contributed by atoms with Crippen molar-refractivity contribution in [3.05, 3.63) is 0 Å². The van der Waals surface area contributed by atoms with E-state index in [1.807, 2.05) is 11.8 Å². The molecular weight excluding hydrogens is 228 g/mol. The summed E-state index contributed by atoms with van der Waals surface area (Å²) in [5.74, 6) is 2.81. The van der Waals surface area contributed by atoms with Gasteiger partial charge in [0, 0.05) is 11.8 Å². The Bertz CT molecular complexity index is 174. The number of nitrogens with zero attached hydrogens (tertiary/aromatic N) is 1. The van der Waals surface area contributed by atoms with E-state index in [0.717, 1.165) is 18.4 Å². The van der Waals surface area contributed by atoms with Crippen molar-refractivity contribution >= 4 is 11.8 Å². The normalized spacial score (nSPS) is 15.5. The van der Waals surface area contributed by atoms with Crippen LogP contribution in [0.4, 0.5) is 0 Å². The summed E-state index contributed by atoms with van der Waals surface area (Å²) in [6.45, 7) is 9.01. The molecule has 0 aliphatic heterocycles. The maximum Gasteiger partial charge on any atom is 0.0154 e. The van der Waals surface area contributed by atoms with Gasteiger partial charge in [0.25, 0.3) is 0 Å². The van der Waals surface area contributed by atoms with Crippen molar-refractivity contribution in [2.45, 2.75) is 46.1 Å². The Morgan fingerprint density at radius 3 is 2.29 bits per heavy atom. The molecule has 0 rings (SSSR count). The summed E-state index contributed by atoms with van der Waals surface area (Å²) in [6.07, 6.45) is 5.99. The SMILES string of the molecule is CSCC(C)N(C)CCCC(CCN)C(C)C. The van der Waals surface area contributed by atoms with Crippen LogP contribution < -0.4 is 5.73 Å². The van der Waals surface area contributed by atoms with Gasteiger partial charge in [-0.2, -0.15) is 11.8 Å². The van der Waals surface area contributed by atoms with Gasteiger partial charge >= 0.3 is 0 Å². The molecule has 0 saturated carbocycles. The maximum atomic E-state index is 5.67. The molecule has 0 aromatic heterocycles. The van der Waals surface area contributed by atoms with Crippen LogP contribution in [0.5, 0.6) is 0 Å². The first-order valence-electron chi connectivity index (χ1n) is 6.92. The van der Waals surface area contributed by atoms with Crippen molar-refractivity contribution < 1.29 is 0 Å². The van der Waals surface area contributed by atoms with Crippen molar-refractivity contribution in [3.63, 3.8) is 0 Å². The number of nitrogens with two attached hydrogens (primary N) is 1. The van der Waals surface area contributed by atoms with E-state index in [2.05, 4.69) is 39.0 Å². The van der Waals surface area contributed by atoms with Gasteiger partial charge in [-0.15, -0.1) is 0 Å². The first-order chi connectivity index (χ1) is 8.02. The predicted molar refractivity (Wildman–Crippen MR) is 81.7 cm³/mol. The molecule has 0 aromatic carbocycles. The smallest absolute Gasteiger partial charge is 0.0154 e. The lowest BCUT2D eigenvalue weighted by molar-refractivity contribution is 0.250. The van der Waals surface area contributed by atoms with Crippen molar-refractivity contribution in [3.8, 4) is 0 Å². The van der Waals surface area contributed by atoms with Crippen LogP contribution >= 0.6 is 11.8 Å². The zero-order valence-corrected chi connectivity index (χ0v) is 13.2. The van der Waals surface area contributed by atoms with Crippen LogP contribution in [0.2, 0.25) is 0 Å². The molecular formula is C14H32N2S. The fraction of sp³-hybridized carbons (Fsp3) is 1.00. The minimum absolute atomic E-state index is 0.692. The van der Waals surface area contributed by atoms with Gasteiger partial charge in [-0.3, -0.25) is 0 Å². The lowest BCUT2D eigenvalue weighted by Gasteiger charge is -2.26. The Morgan fingerprint density at radius 1 is 1.18 bits per heavy atom. The third-order valence-electron chi connectivity index (χ3n) is 3.73. The third-order valence-corrected chi connectivity index (χ3v) is 4.54. The van der Waals surface area contributed by atoms with E-state index >= 15 is 0 Å². The van der Waals surface area contributed by atoms with Crippen LogP contribution in [0, 0.1) is 11.8 Å². The summed E-state index contributed by atoms with van der Waals surface area (Å²) >= 11 is 1.93. The van der Waals surface area contributed by atoms with E-state index < -0.39 is 0 Å². The standard InChI is InChI=1S/C14H32N2S/c1-12(2)14(8-9-15)7-6-10-16(4)13(3)11-17-5/h12-14H,6-11,15H2,1-5H3. The number of hydrogen-bond donors (Lipinski definition) is 1. The van der Waals surface area contributed by atoms with E-state index in [-0.39, 0.29) is 0 Å². The third kappa shape index (κ3) is 8.06. The van der Waals surface area contributed by atoms with E-state index in [4.69, 9.17) is 5.73 Å². The highest BCUT2D eigenvalue weighted by Crippen LogP contribution is 2.20. The molecule has 0 radical (unpaired) electrons. The quantitative estimate of drug-likeness (QED) is 0.654. The molecule has 0 bridgehead atoms. The molecule has 2 N–H and O–H groups in total. The van der Waals surface area contributed by atoms with Crippen molar-refractivity contribution in [2.24, 2.45) is 17.6 Å². The molecule has 3 heteroatoms. The van der Waals surface area contributed by atoms with Crippen molar-refractivity contribution in [1.82, 2.24) is 4.90 Å². The first-order valence-corrected chi connectivity index (χ1v) is 8.31. The average molecular weight is 260 g/mol. The Balaban J connectivity index is 3.79. The molecule has 0 aliphatic carbocycles. The summed E-state index contributed by atoms with van der Waals surface area (Å²) in [7, 11) is 2.24. The number of rotatable bonds is 10. The van der Waals surface area contributed by atoms with Gasteiger partial charge in [0.05, 0.1) is 0 Å². The van der Waals surface area contributed by atoms with E-state index in [9.17, 15) is 0 Å². The Morgan fingerprint density at radius 2 is 1.82 bits per heavy atom. The largest absolute Gasteiger partial charge is 0.330 e. The lowest BCUT2D eigenvalue weighted by Crippen LogP contribution is -2.32. The van der Waals surface area contributed by atoms with Gasteiger partial charge in [0.15, 0.2) is 0 Å². The minimum Gasteiger partial charge on any atom is -0.330 e. The summed E-state index contributed by atoms with van der Waals surface area (Å²) in [5.41, 5.74) is 5.67. The molecule has 0 aliphatic rings. The van der Waals surface area contributed by atoms with Gasteiger partial charge in [-0.25, -0.2) is 0 Å². The fourth-order valence-corrected chi connectivity index (χ4v) is 2.95. The molecule has 2 unspecified atom stereocenters. The van der Waals surface area contributed by atoms with Crippen molar-refractivity contribution in [1.29, 1.82) is 0 Å². The van der Waals surface area contributed by atoms with Crippen LogP contribution in [-0.4, -0.2) is 43.1 Å². The Labute approximate surface area is 113 Å².